The van der Waals surface area contributed by atoms with Crippen molar-refractivity contribution in [2.75, 3.05) is 19.8 Å². The average Bonchev–Trinajstić information content (AvgIpc) is 2.04. The second-order valence-corrected chi connectivity index (χ2v) is 4.16. The van der Waals surface area contributed by atoms with Gasteiger partial charge in [0.25, 0.3) is 0 Å². The molecule has 0 bridgehead atoms. The number of hydrogen-bond acceptors (Lipinski definition) is 3. The third-order valence-electron chi connectivity index (χ3n) is 1.89. The van der Waals surface area contributed by atoms with Crippen LogP contribution in [0.15, 0.2) is 0 Å². The van der Waals surface area contributed by atoms with E-state index in [1.807, 2.05) is 0 Å². The van der Waals surface area contributed by atoms with Crippen LogP contribution < -0.4 is 10.4 Å². The van der Waals surface area contributed by atoms with Crippen molar-refractivity contribution < 1.29 is 20.0 Å². The molecular weight excluding hydrogens is 182 g/mol. The molecule has 0 aliphatic carbocycles. The highest BCUT2D eigenvalue weighted by atomic mass is 16.5. The zero-order valence-electron chi connectivity index (χ0n) is 9.34. The van der Waals surface area contributed by atoms with Gasteiger partial charge in [0.1, 0.15) is 12.1 Å². The van der Waals surface area contributed by atoms with E-state index < -0.39 is 5.97 Å². The molecule has 4 heteroatoms. The fourth-order valence-electron chi connectivity index (χ4n) is 1.13. The summed E-state index contributed by atoms with van der Waals surface area (Å²) in [5.41, 5.74) is 0.332. The van der Waals surface area contributed by atoms with Gasteiger partial charge in [-0.15, -0.1) is 0 Å². The second-order valence-electron chi connectivity index (χ2n) is 4.16. The third kappa shape index (κ3) is 8.01. The largest absolute Gasteiger partial charge is 0.550 e. The summed E-state index contributed by atoms with van der Waals surface area (Å²) in [4.78, 5) is 9.49. The Labute approximate surface area is 85.6 Å². The molecule has 1 saturated heterocycles. The number of rotatable bonds is 2. The molecule has 0 unspecified atom stereocenters. The van der Waals surface area contributed by atoms with Crippen molar-refractivity contribution in [2.45, 2.75) is 39.2 Å². The van der Waals surface area contributed by atoms with E-state index in [-0.39, 0.29) is 6.42 Å². The first-order valence-electron chi connectivity index (χ1n) is 5.10. The van der Waals surface area contributed by atoms with Crippen molar-refractivity contribution in [3.05, 3.63) is 0 Å². The first kappa shape index (κ1) is 13.4. The first-order chi connectivity index (χ1) is 6.48. The number of carbonyl (C=O) groups is 1. The van der Waals surface area contributed by atoms with Crippen molar-refractivity contribution in [1.29, 1.82) is 0 Å². The minimum Gasteiger partial charge on any atom is -0.550 e. The van der Waals surface area contributed by atoms with Crippen LogP contribution in [0.1, 0.15) is 33.6 Å². The Morgan fingerprint density at radius 2 is 2.21 bits per heavy atom. The van der Waals surface area contributed by atoms with Crippen LogP contribution in [0.4, 0.5) is 0 Å². The van der Waals surface area contributed by atoms with Gasteiger partial charge in [-0.3, -0.25) is 0 Å². The number of nitrogens with two attached hydrogens (primary N) is 1. The summed E-state index contributed by atoms with van der Waals surface area (Å²) in [6.07, 6.45) is 0.850. The quantitative estimate of drug-likeness (QED) is 0.619. The molecule has 1 fully saturated rings. The van der Waals surface area contributed by atoms with Gasteiger partial charge in [0.05, 0.1) is 13.2 Å². The zero-order valence-corrected chi connectivity index (χ0v) is 9.34. The maximum Gasteiger partial charge on any atom is 0.114 e. The summed E-state index contributed by atoms with van der Waals surface area (Å²) in [7, 11) is 0. The van der Waals surface area contributed by atoms with Crippen LogP contribution in [-0.4, -0.2) is 31.3 Å². The minimum atomic E-state index is -0.961. The van der Waals surface area contributed by atoms with E-state index in [1.54, 1.807) is 6.92 Å². The molecule has 1 aliphatic heterocycles. The molecule has 0 spiro atoms. The average molecular weight is 203 g/mol. The fraction of sp³-hybridized carbons (Fsp3) is 0.900. The van der Waals surface area contributed by atoms with Crippen LogP contribution in [0.5, 0.6) is 0 Å². The third-order valence-corrected chi connectivity index (χ3v) is 1.89. The standard InChI is InChI=1S/C6H13NO.C4H8O2/c1-6(2)5-8-4-3-7-6;1-2-3-4(5)6/h7H,3-5H2,1-2H3;2-3H2,1H3,(H,5,6). The molecule has 2 N–H and O–H groups in total. The molecule has 0 aromatic heterocycles. The lowest BCUT2D eigenvalue weighted by molar-refractivity contribution is -0.736. The Hall–Kier alpha value is -0.610. The molecule has 14 heavy (non-hydrogen) atoms. The number of hydrogen-bond donors (Lipinski definition) is 1. The SMILES string of the molecule is CC1(C)COCC[NH2+]1.CCCC(=O)[O-]. The number of morpholine rings is 1. The summed E-state index contributed by atoms with van der Waals surface area (Å²) in [6, 6.07) is 0. The van der Waals surface area contributed by atoms with E-state index in [2.05, 4.69) is 19.2 Å². The van der Waals surface area contributed by atoms with Crippen LogP contribution >= 0.6 is 0 Å². The van der Waals surface area contributed by atoms with Gasteiger partial charge < -0.3 is 20.0 Å². The number of carbonyl (C=O) groups excluding carboxylic acids is 1. The zero-order chi connectivity index (χ0) is 11.0. The highest BCUT2D eigenvalue weighted by Crippen LogP contribution is 1.97. The maximum absolute atomic E-state index is 9.49. The second kappa shape index (κ2) is 6.79. The molecule has 0 amide bonds. The number of quaternary nitrogens is 1. The summed E-state index contributed by atoms with van der Waals surface area (Å²) in [6.45, 7) is 9.14. The van der Waals surface area contributed by atoms with Gasteiger partial charge in [-0.1, -0.05) is 13.3 Å². The van der Waals surface area contributed by atoms with Gasteiger partial charge in [0, 0.05) is 5.97 Å². The molecule has 0 atom stereocenters. The summed E-state index contributed by atoms with van der Waals surface area (Å²) in [5.74, 6) is -0.961. The van der Waals surface area contributed by atoms with E-state index in [0.29, 0.717) is 12.0 Å². The fourth-order valence-corrected chi connectivity index (χ4v) is 1.13. The molecule has 0 radical (unpaired) electrons. The molecule has 1 rings (SSSR count). The van der Waals surface area contributed by atoms with E-state index in [9.17, 15) is 9.90 Å². The van der Waals surface area contributed by atoms with Crippen LogP contribution in [-0.2, 0) is 9.53 Å². The minimum absolute atomic E-state index is 0.181. The van der Waals surface area contributed by atoms with Gasteiger partial charge in [0.2, 0.25) is 0 Å². The highest BCUT2D eigenvalue weighted by Gasteiger charge is 2.24. The van der Waals surface area contributed by atoms with E-state index in [0.717, 1.165) is 19.8 Å². The number of ether oxygens (including phenoxy) is 1. The van der Waals surface area contributed by atoms with E-state index in [1.165, 1.54) is 0 Å². The van der Waals surface area contributed by atoms with Crippen molar-refractivity contribution >= 4 is 5.97 Å². The van der Waals surface area contributed by atoms with Crippen molar-refractivity contribution in [2.24, 2.45) is 0 Å². The van der Waals surface area contributed by atoms with Crippen molar-refractivity contribution in [1.82, 2.24) is 0 Å². The number of aliphatic carboxylic acids is 1. The normalized spacial score (nSPS) is 19.4. The van der Waals surface area contributed by atoms with Crippen molar-refractivity contribution in [3.63, 3.8) is 0 Å². The van der Waals surface area contributed by atoms with Gasteiger partial charge in [0.15, 0.2) is 0 Å². The molecule has 84 valence electrons. The Morgan fingerprint density at radius 3 is 2.36 bits per heavy atom. The van der Waals surface area contributed by atoms with Crippen molar-refractivity contribution in [3.8, 4) is 0 Å². The maximum atomic E-state index is 9.49. The summed E-state index contributed by atoms with van der Waals surface area (Å²) < 4.78 is 5.25. The number of carboxylic acids is 1. The van der Waals surface area contributed by atoms with Gasteiger partial charge >= 0.3 is 0 Å². The molecule has 0 aromatic carbocycles. The van der Waals surface area contributed by atoms with E-state index >= 15 is 0 Å². The monoisotopic (exact) mass is 203 g/mol. The predicted molar refractivity (Wildman–Crippen MR) is 51.6 cm³/mol. The molecule has 4 nitrogen and oxygen atoms in total. The van der Waals surface area contributed by atoms with Gasteiger partial charge in [-0.2, -0.15) is 0 Å². The Morgan fingerprint density at radius 1 is 1.57 bits per heavy atom. The molecule has 1 aliphatic rings. The first-order valence-corrected chi connectivity index (χ1v) is 5.10. The predicted octanol–water partition coefficient (Wildman–Crippen LogP) is -1.10. The molecule has 0 saturated carbocycles. The topological polar surface area (TPSA) is 66.0 Å². The Balaban J connectivity index is 0.000000255. The smallest absolute Gasteiger partial charge is 0.114 e. The summed E-state index contributed by atoms with van der Waals surface area (Å²) >= 11 is 0. The van der Waals surface area contributed by atoms with Crippen LogP contribution in [0, 0.1) is 0 Å². The van der Waals surface area contributed by atoms with Gasteiger partial charge in [-0.25, -0.2) is 0 Å². The summed E-state index contributed by atoms with van der Waals surface area (Å²) in [5, 5.41) is 11.8. The Bertz CT molecular complexity index is 161. The van der Waals surface area contributed by atoms with Crippen LogP contribution in [0.2, 0.25) is 0 Å². The highest BCUT2D eigenvalue weighted by molar-refractivity contribution is 5.63. The van der Waals surface area contributed by atoms with Gasteiger partial charge in [-0.05, 0) is 20.3 Å². The number of carboxylic acid groups (broad SMARTS) is 1. The lowest BCUT2D eigenvalue weighted by Crippen LogP contribution is -2.98. The van der Waals surface area contributed by atoms with Crippen LogP contribution in [0.3, 0.4) is 0 Å². The molecular formula is C10H21NO3. The lowest BCUT2D eigenvalue weighted by atomic mass is 10.1. The lowest BCUT2D eigenvalue weighted by Gasteiger charge is -2.26. The molecule has 0 aromatic rings. The Kier molecular flexibility index (Phi) is 6.49. The van der Waals surface area contributed by atoms with Crippen LogP contribution in [0.25, 0.3) is 0 Å². The molecule has 1 heterocycles. The van der Waals surface area contributed by atoms with E-state index in [4.69, 9.17) is 4.74 Å².